The number of anilines is 1. The molecular formula is C15H13F2NO. The first-order chi connectivity index (χ1) is 9.17. The molecule has 2 aromatic carbocycles. The Labute approximate surface area is 110 Å². The average molecular weight is 261 g/mol. The molecule has 0 saturated heterocycles. The van der Waals surface area contributed by atoms with Crippen LogP contribution in [-0.2, 0) is 6.42 Å². The summed E-state index contributed by atoms with van der Waals surface area (Å²) in [6, 6.07) is 8.96. The molecule has 3 rings (SSSR count). The molecule has 0 aromatic heterocycles. The monoisotopic (exact) mass is 261 g/mol. The van der Waals surface area contributed by atoms with Gasteiger partial charge < -0.3 is 10.1 Å². The van der Waals surface area contributed by atoms with Crippen LogP contribution in [0.2, 0.25) is 0 Å². The summed E-state index contributed by atoms with van der Waals surface area (Å²) in [7, 11) is 1.55. The molecule has 0 aliphatic carbocycles. The molecule has 19 heavy (non-hydrogen) atoms. The highest BCUT2D eigenvalue weighted by atomic mass is 19.1. The quantitative estimate of drug-likeness (QED) is 0.890. The fraction of sp³-hybridized carbons (Fsp3) is 0.200. The van der Waals surface area contributed by atoms with Crippen LogP contribution in [0.4, 0.5) is 14.5 Å². The predicted octanol–water partition coefficient (Wildman–Crippen LogP) is 3.68. The molecule has 1 aliphatic rings. The first kappa shape index (κ1) is 12.0. The Morgan fingerprint density at radius 3 is 2.63 bits per heavy atom. The molecule has 0 radical (unpaired) electrons. The number of methoxy groups -OCH3 is 1. The number of benzene rings is 2. The van der Waals surface area contributed by atoms with Gasteiger partial charge in [-0.25, -0.2) is 8.78 Å². The van der Waals surface area contributed by atoms with Crippen LogP contribution < -0.4 is 10.1 Å². The van der Waals surface area contributed by atoms with Gasteiger partial charge in [-0.15, -0.1) is 0 Å². The van der Waals surface area contributed by atoms with Crippen LogP contribution >= 0.6 is 0 Å². The molecule has 1 atom stereocenters. The maximum absolute atomic E-state index is 13.4. The number of nitrogens with one attached hydrogen (secondary N) is 1. The number of halogens is 2. The van der Waals surface area contributed by atoms with Crippen LogP contribution in [0.3, 0.4) is 0 Å². The first-order valence-corrected chi connectivity index (χ1v) is 6.06. The fourth-order valence-electron chi connectivity index (χ4n) is 2.50. The number of hydrogen-bond acceptors (Lipinski definition) is 2. The lowest BCUT2D eigenvalue weighted by molar-refractivity contribution is 0.406. The number of ether oxygens (including phenoxy) is 1. The zero-order valence-electron chi connectivity index (χ0n) is 10.4. The van der Waals surface area contributed by atoms with Gasteiger partial charge in [0.1, 0.15) is 17.4 Å². The third-order valence-corrected chi connectivity index (χ3v) is 3.39. The second-order valence-corrected chi connectivity index (χ2v) is 4.59. The third kappa shape index (κ3) is 2.14. The molecule has 0 bridgehead atoms. The Hall–Kier alpha value is -2.10. The van der Waals surface area contributed by atoms with Gasteiger partial charge in [0.2, 0.25) is 0 Å². The van der Waals surface area contributed by atoms with Crippen LogP contribution in [0.25, 0.3) is 0 Å². The lowest BCUT2D eigenvalue weighted by atomic mass is 10.0. The van der Waals surface area contributed by atoms with E-state index >= 15 is 0 Å². The van der Waals surface area contributed by atoms with Crippen molar-refractivity contribution in [2.24, 2.45) is 0 Å². The highest BCUT2D eigenvalue weighted by molar-refractivity contribution is 5.59. The molecule has 1 aliphatic heterocycles. The summed E-state index contributed by atoms with van der Waals surface area (Å²) in [5.41, 5.74) is 2.54. The van der Waals surface area contributed by atoms with E-state index in [1.54, 1.807) is 19.2 Å². The van der Waals surface area contributed by atoms with E-state index in [1.165, 1.54) is 24.3 Å². The van der Waals surface area contributed by atoms with E-state index < -0.39 is 0 Å². The summed E-state index contributed by atoms with van der Waals surface area (Å²) >= 11 is 0. The summed E-state index contributed by atoms with van der Waals surface area (Å²) < 4.78 is 31.8. The van der Waals surface area contributed by atoms with Crippen molar-refractivity contribution >= 4 is 5.69 Å². The molecule has 1 heterocycles. The van der Waals surface area contributed by atoms with Gasteiger partial charge in [0, 0.05) is 11.3 Å². The SMILES string of the molecule is COc1ccc(F)cc1C1Cc2cc(F)ccc2N1. The van der Waals surface area contributed by atoms with Gasteiger partial charge in [0.05, 0.1) is 13.2 Å². The lowest BCUT2D eigenvalue weighted by Gasteiger charge is -2.15. The van der Waals surface area contributed by atoms with Crippen molar-refractivity contribution in [3.63, 3.8) is 0 Å². The van der Waals surface area contributed by atoms with Crippen LogP contribution in [0.15, 0.2) is 36.4 Å². The molecular weight excluding hydrogens is 248 g/mol. The van der Waals surface area contributed by atoms with Crippen molar-refractivity contribution < 1.29 is 13.5 Å². The smallest absolute Gasteiger partial charge is 0.124 e. The van der Waals surface area contributed by atoms with Crippen molar-refractivity contribution in [1.29, 1.82) is 0 Å². The summed E-state index contributed by atoms with van der Waals surface area (Å²) in [5, 5.41) is 3.27. The van der Waals surface area contributed by atoms with E-state index in [9.17, 15) is 8.78 Å². The van der Waals surface area contributed by atoms with Crippen molar-refractivity contribution in [2.45, 2.75) is 12.5 Å². The second kappa shape index (κ2) is 4.53. The van der Waals surface area contributed by atoms with E-state index in [-0.39, 0.29) is 17.7 Å². The summed E-state index contributed by atoms with van der Waals surface area (Å²) in [4.78, 5) is 0. The molecule has 4 heteroatoms. The van der Waals surface area contributed by atoms with E-state index in [4.69, 9.17) is 4.74 Å². The van der Waals surface area contributed by atoms with Gasteiger partial charge in [-0.05, 0) is 48.4 Å². The van der Waals surface area contributed by atoms with Crippen LogP contribution in [-0.4, -0.2) is 7.11 Å². The largest absolute Gasteiger partial charge is 0.496 e. The maximum atomic E-state index is 13.4. The topological polar surface area (TPSA) is 21.3 Å². The maximum Gasteiger partial charge on any atom is 0.124 e. The lowest BCUT2D eigenvalue weighted by Crippen LogP contribution is -2.08. The number of hydrogen-bond donors (Lipinski definition) is 1. The standard InChI is InChI=1S/C15H13F2NO/c1-19-15-5-3-11(17)8-12(15)14-7-9-6-10(16)2-4-13(9)18-14/h2-6,8,14,18H,7H2,1H3. The van der Waals surface area contributed by atoms with E-state index in [0.717, 1.165) is 16.8 Å². The highest BCUT2D eigenvalue weighted by Crippen LogP contribution is 2.38. The van der Waals surface area contributed by atoms with E-state index in [0.29, 0.717) is 12.2 Å². The summed E-state index contributed by atoms with van der Waals surface area (Å²) in [6.45, 7) is 0. The van der Waals surface area contributed by atoms with Crippen molar-refractivity contribution in [3.05, 3.63) is 59.2 Å². The van der Waals surface area contributed by atoms with Gasteiger partial charge in [0.15, 0.2) is 0 Å². The Morgan fingerprint density at radius 1 is 1.11 bits per heavy atom. The van der Waals surface area contributed by atoms with Gasteiger partial charge in [-0.3, -0.25) is 0 Å². The Bertz CT molecular complexity index is 628. The van der Waals surface area contributed by atoms with Crippen molar-refractivity contribution in [3.8, 4) is 5.75 Å². The molecule has 1 unspecified atom stereocenters. The normalized spacial score (nSPS) is 16.9. The molecule has 98 valence electrons. The molecule has 0 fully saturated rings. The fourth-order valence-corrected chi connectivity index (χ4v) is 2.50. The Morgan fingerprint density at radius 2 is 1.84 bits per heavy atom. The second-order valence-electron chi connectivity index (χ2n) is 4.59. The molecule has 2 nitrogen and oxygen atoms in total. The number of rotatable bonds is 2. The van der Waals surface area contributed by atoms with Crippen LogP contribution in [0, 0.1) is 11.6 Å². The molecule has 2 aromatic rings. The van der Waals surface area contributed by atoms with E-state index in [2.05, 4.69) is 5.32 Å². The Balaban J connectivity index is 1.96. The molecule has 0 spiro atoms. The van der Waals surface area contributed by atoms with Gasteiger partial charge in [0.25, 0.3) is 0 Å². The number of fused-ring (bicyclic) bond motifs is 1. The predicted molar refractivity (Wildman–Crippen MR) is 69.4 cm³/mol. The van der Waals surface area contributed by atoms with Gasteiger partial charge in [-0.1, -0.05) is 0 Å². The van der Waals surface area contributed by atoms with Gasteiger partial charge in [-0.2, -0.15) is 0 Å². The van der Waals surface area contributed by atoms with Crippen molar-refractivity contribution in [2.75, 3.05) is 12.4 Å². The molecule has 1 N–H and O–H groups in total. The minimum Gasteiger partial charge on any atom is -0.496 e. The van der Waals surface area contributed by atoms with Crippen molar-refractivity contribution in [1.82, 2.24) is 0 Å². The Kier molecular flexibility index (Phi) is 2.85. The summed E-state index contributed by atoms with van der Waals surface area (Å²) in [5.74, 6) is 0.0688. The highest BCUT2D eigenvalue weighted by Gasteiger charge is 2.25. The first-order valence-electron chi connectivity index (χ1n) is 6.06. The van der Waals surface area contributed by atoms with Gasteiger partial charge >= 0.3 is 0 Å². The average Bonchev–Trinajstić information content (AvgIpc) is 2.81. The zero-order valence-corrected chi connectivity index (χ0v) is 10.4. The summed E-state index contributed by atoms with van der Waals surface area (Å²) in [6.07, 6.45) is 0.618. The van der Waals surface area contributed by atoms with Crippen LogP contribution in [0.1, 0.15) is 17.2 Å². The molecule has 0 amide bonds. The minimum atomic E-state index is -0.306. The molecule has 0 saturated carbocycles. The zero-order chi connectivity index (χ0) is 13.4. The van der Waals surface area contributed by atoms with E-state index in [1.807, 2.05) is 0 Å². The third-order valence-electron chi connectivity index (χ3n) is 3.39. The minimum absolute atomic E-state index is 0.0950. The van der Waals surface area contributed by atoms with Crippen LogP contribution in [0.5, 0.6) is 5.75 Å².